The monoisotopic (exact) mass is 266 g/mol. The number of hydrogen-bond acceptors (Lipinski definition) is 4. The van der Waals surface area contributed by atoms with Gasteiger partial charge in [0.1, 0.15) is 11.5 Å². The van der Waals surface area contributed by atoms with Gasteiger partial charge in [-0.2, -0.15) is 0 Å². The fourth-order valence-electron chi connectivity index (χ4n) is 1.93. The zero-order chi connectivity index (χ0) is 14.6. The highest BCUT2D eigenvalue weighted by molar-refractivity contribution is 5.88. The van der Waals surface area contributed by atoms with Crippen LogP contribution in [0.25, 0.3) is 0 Å². The van der Waals surface area contributed by atoms with Crippen LogP contribution in [0, 0.1) is 6.92 Å². The zero-order valence-electron chi connectivity index (χ0n) is 12.4. The number of carbonyl (C=O) groups is 1. The topological polar surface area (TPSA) is 59.6 Å². The lowest BCUT2D eigenvalue weighted by Gasteiger charge is -2.26. The summed E-state index contributed by atoms with van der Waals surface area (Å²) in [6.45, 7) is 5.62. The van der Waals surface area contributed by atoms with E-state index in [2.05, 4.69) is 10.9 Å². The lowest BCUT2D eigenvalue weighted by atomic mass is 9.82. The first-order valence-electron chi connectivity index (χ1n) is 6.08. The Morgan fingerprint density at radius 3 is 2.21 bits per heavy atom. The molecule has 2 N–H and O–H groups in total. The fraction of sp³-hybridized carbons (Fsp3) is 0.500. The Bertz CT molecular complexity index is 470. The van der Waals surface area contributed by atoms with E-state index in [1.54, 1.807) is 21.3 Å². The number of nitrogens with one attached hydrogen (secondary N) is 2. The van der Waals surface area contributed by atoms with Crippen LogP contribution >= 0.6 is 0 Å². The predicted molar refractivity (Wildman–Crippen MR) is 74.5 cm³/mol. The molecule has 0 radical (unpaired) electrons. The molecule has 0 bridgehead atoms. The summed E-state index contributed by atoms with van der Waals surface area (Å²) in [5.74, 6) is 1.27. The second kappa shape index (κ2) is 5.93. The number of benzene rings is 1. The van der Waals surface area contributed by atoms with E-state index in [-0.39, 0.29) is 5.91 Å². The van der Waals surface area contributed by atoms with Crippen molar-refractivity contribution in [2.75, 3.05) is 21.3 Å². The van der Waals surface area contributed by atoms with Crippen LogP contribution in [0.3, 0.4) is 0 Å². The van der Waals surface area contributed by atoms with E-state index in [9.17, 15) is 4.79 Å². The van der Waals surface area contributed by atoms with E-state index in [1.807, 2.05) is 32.9 Å². The molecule has 5 nitrogen and oxygen atoms in total. The molecule has 0 aliphatic carbocycles. The average molecular weight is 266 g/mol. The van der Waals surface area contributed by atoms with Crippen molar-refractivity contribution in [2.45, 2.75) is 26.2 Å². The van der Waals surface area contributed by atoms with Crippen molar-refractivity contribution in [2.24, 2.45) is 0 Å². The largest absolute Gasteiger partial charge is 0.496 e. The molecule has 106 valence electrons. The Morgan fingerprint density at radius 1 is 1.16 bits per heavy atom. The van der Waals surface area contributed by atoms with Crippen LogP contribution in [0.1, 0.15) is 25.0 Å². The van der Waals surface area contributed by atoms with Crippen molar-refractivity contribution >= 4 is 5.91 Å². The fourth-order valence-corrected chi connectivity index (χ4v) is 1.93. The summed E-state index contributed by atoms with van der Waals surface area (Å²) >= 11 is 0. The molecule has 0 atom stereocenters. The molecule has 0 aliphatic heterocycles. The minimum atomic E-state index is -0.741. The van der Waals surface area contributed by atoms with Crippen LogP contribution in [0.5, 0.6) is 11.5 Å². The lowest BCUT2D eigenvalue weighted by Crippen LogP contribution is -2.45. The third kappa shape index (κ3) is 2.98. The molecule has 19 heavy (non-hydrogen) atoms. The molecule has 0 saturated heterocycles. The summed E-state index contributed by atoms with van der Waals surface area (Å²) in [6, 6.07) is 3.73. The van der Waals surface area contributed by atoms with Gasteiger partial charge in [-0.3, -0.25) is 10.2 Å². The highest BCUT2D eigenvalue weighted by Gasteiger charge is 2.33. The van der Waals surface area contributed by atoms with Crippen LogP contribution in [-0.4, -0.2) is 27.2 Å². The van der Waals surface area contributed by atoms with E-state index in [0.717, 1.165) is 16.9 Å². The van der Waals surface area contributed by atoms with E-state index in [4.69, 9.17) is 9.47 Å². The van der Waals surface area contributed by atoms with Crippen LogP contribution in [0.2, 0.25) is 0 Å². The van der Waals surface area contributed by atoms with Crippen LogP contribution in [0.15, 0.2) is 12.1 Å². The third-order valence-corrected chi connectivity index (χ3v) is 3.20. The number of rotatable bonds is 5. The summed E-state index contributed by atoms with van der Waals surface area (Å²) in [5, 5.41) is 0. The molecular formula is C14H22N2O3. The van der Waals surface area contributed by atoms with Crippen molar-refractivity contribution in [1.82, 2.24) is 10.9 Å². The molecule has 1 rings (SSSR count). The molecule has 5 heteroatoms. The first-order valence-corrected chi connectivity index (χ1v) is 6.08. The van der Waals surface area contributed by atoms with Gasteiger partial charge >= 0.3 is 0 Å². The zero-order valence-corrected chi connectivity index (χ0v) is 12.4. The van der Waals surface area contributed by atoms with Crippen LogP contribution in [-0.2, 0) is 10.2 Å². The van der Waals surface area contributed by atoms with Gasteiger partial charge in [-0.1, -0.05) is 0 Å². The van der Waals surface area contributed by atoms with Crippen LogP contribution < -0.4 is 20.3 Å². The Hall–Kier alpha value is -1.75. The van der Waals surface area contributed by atoms with Gasteiger partial charge in [0.2, 0.25) is 5.91 Å². The molecule has 0 spiro atoms. The number of methoxy groups -OCH3 is 2. The van der Waals surface area contributed by atoms with Crippen molar-refractivity contribution in [3.05, 3.63) is 23.3 Å². The number of amides is 1. The van der Waals surface area contributed by atoms with Crippen molar-refractivity contribution in [3.63, 3.8) is 0 Å². The van der Waals surface area contributed by atoms with Crippen molar-refractivity contribution in [3.8, 4) is 11.5 Å². The van der Waals surface area contributed by atoms with E-state index >= 15 is 0 Å². The second-order valence-corrected chi connectivity index (χ2v) is 4.85. The van der Waals surface area contributed by atoms with Gasteiger partial charge in [-0.25, -0.2) is 5.43 Å². The summed E-state index contributed by atoms with van der Waals surface area (Å²) in [5.41, 5.74) is 6.26. The van der Waals surface area contributed by atoms with Gasteiger partial charge in [0.15, 0.2) is 0 Å². The Kier molecular flexibility index (Phi) is 4.78. The number of hydrazine groups is 1. The first kappa shape index (κ1) is 15.3. The smallest absolute Gasteiger partial charge is 0.244 e. The van der Waals surface area contributed by atoms with E-state index < -0.39 is 5.41 Å². The van der Waals surface area contributed by atoms with Gasteiger partial charge in [-0.15, -0.1) is 0 Å². The van der Waals surface area contributed by atoms with Gasteiger partial charge in [0, 0.05) is 12.6 Å². The van der Waals surface area contributed by atoms with Crippen molar-refractivity contribution < 1.29 is 14.3 Å². The van der Waals surface area contributed by atoms with E-state index in [0.29, 0.717) is 5.75 Å². The maximum absolute atomic E-state index is 12.1. The van der Waals surface area contributed by atoms with Crippen LogP contribution in [0.4, 0.5) is 0 Å². The Morgan fingerprint density at radius 2 is 1.74 bits per heavy atom. The van der Waals surface area contributed by atoms with E-state index in [1.165, 1.54) is 0 Å². The molecule has 1 aromatic rings. The first-order chi connectivity index (χ1) is 8.88. The quantitative estimate of drug-likeness (QED) is 0.794. The summed E-state index contributed by atoms with van der Waals surface area (Å²) in [4.78, 5) is 12.1. The highest BCUT2D eigenvalue weighted by atomic mass is 16.5. The minimum Gasteiger partial charge on any atom is -0.496 e. The molecule has 0 heterocycles. The minimum absolute atomic E-state index is 0.140. The maximum atomic E-state index is 12.1. The molecule has 1 aromatic carbocycles. The molecular weight excluding hydrogens is 244 g/mol. The number of aryl methyl sites for hydroxylation is 1. The molecule has 0 aromatic heterocycles. The molecule has 1 amide bonds. The summed E-state index contributed by atoms with van der Waals surface area (Å²) in [7, 11) is 4.86. The molecule has 0 fully saturated rings. The van der Waals surface area contributed by atoms with Gasteiger partial charge in [0.25, 0.3) is 0 Å². The second-order valence-electron chi connectivity index (χ2n) is 4.85. The Labute approximate surface area is 114 Å². The molecule has 0 unspecified atom stereocenters. The normalized spacial score (nSPS) is 11.1. The third-order valence-electron chi connectivity index (χ3n) is 3.20. The summed E-state index contributed by atoms with van der Waals surface area (Å²) < 4.78 is 10.7. The molecule has 0 aliphatic rings. The van der Waals surface area contributed by atoms with Crippen molar-refractivity contribution in [1.29, 1.82) is 0 Å². The van der Waals surface area contributed by atoms with Gasteiger partial charge < -0.3 is 9.47 Å². The van der Waals surface area contributed by atoms with Gasteiger partial charge in [-0.05, 0) is 38.5 Å². The number of hydrogen-bond donors (Lipinski definition) is 2. The SMILES string of the molecule is CNNC(=O)C(C)(C)c1cc(OC)c(C)cc1OC. The van der Waals surface area contributed by atoms with Gasteiger partial charge in [0.05, 0.1) is 19.6 Å². The maximum Gasteiger partial charge on any atom is 0.244 e. The number of carbonyl (C=O) groups excluding carboxylic acids is 1. The number of ether oxygens (including phenoxy) is 2. The predicted octanol–water partition coefficient (Wildman–Crippen LogP) is 1.54. The highest BCUT2D eigenvalue weighted by Crippen LogP contribution is 2.36. The Balaban J connectivity index is 3.34. The standard InChI is InChI=1S/C14H22N2O3/c1-9-7-12(19-6)10(8-11(9)18-5)14(2,3)13(17)16-15-4/h7-8,15H,1-6H3,(H,16,17). The average Bonchev–Trinajstić information content (AvgIpc) is 2.38. The molecule has 0 saturated carbocycles. The lowest BCUT2D eigenvalue weighted by molar-refractivity contribution is -0.126. The summed E-state index contributed by atoms with van der Waals surface area (Å²) in [6.07, 6.45) is 0.